The predicted molar refractivity (Wildman–Crippen MR) is 74.7 cm³/mol. The first-order valence-electron chi connectivity index (χ1n) is 5.65. The number of benzene rings is 1. The topological polar surface area (TPSA) is 80.0 Å². The van der Waals surface area contributed by atoms with Crippen LogP contribution in [0.3, 0.4) is 0 Å². The van der Waals surface area contributed by atoms with Crippen LogP contribution in [0.5, 0.6) is 0 Å². The van der Waals surface area contributed by atoms with Gasteiger partial charge in [-0.15, -0.1) is 0 Å². The fraction of sp³-hybridized carbons (Fsp3) is 0.0769. The first-order valence-corrected chi connectivity index (χ1v) is 6.03. The first kappa shape index (κ1) is 13.3. The number of carbonyl (C=O) groups is 1. The monoisotopic (exact) mass is 276 g/mol. The summed E-state index contributed by atoms with van der Waals surface area (Å²) in [6.45, 7) is 0.370. The lowest BCUT2D eigenvalue weighted by molar-refractivity contribution is 0.0950. The molecule has 19 heavy (non-hydrogen) atoms. The van der Waals surface area contributed by atoms with Crippen molar-refractivity contribution in [2.75, 3.05) is 5.43 Å². The summed E-state index contributed by atoms with van der Waals surface area (Å²) in [5.41, 5.74) is 3.73. The summed E-state index contributed by atoms with van der Waals surface area (Å²) in [5.74, 6) is 5.49. The number of pyridine rings is 1. The molecule has 0 spiro atoms. The van der Waals surface area contributed by atoms with E-state index in [9.17, 15) is 4.79 Å². The molecule has 1 heterocycles. The summed E-state index contributed by atoms with van der Waals surface area (Å²) in [5, 5.41) is 3.41. The molecule has 0 radical (unpaired) electrons. The zero-order valence-corrected chi connectivity index (χ0v) is 10.8. The number of aromatic nitrogens is 1. The molecule has 0 bridgehead atoms. The van der Waals surface area contributed by atoms with Crippen LogP contribution < -0.4 is 16.6 Å². The molecule has 0 aliphatic rings. The van der Waals surface area contributed by atoms with E-state index in [1.54, 1.807) is 18.2 Å². The van der Waals surface area contributed by atoms with E-state index in [-0.39, 0.29) is 5.91 Å². The minimum atomic E-state index is -0.212. The third kappa shape index (κ3) is 3.43. The van der Waals surface area contributed by atoms with Crippen LogP contribution in [0.2, 0.25) is 5.02 Å². The Morgan fingerprint density at radius 3 is 2.68 bits per heavy atom. The largest absolute Gasteiger partial charge is 0.348 e. The van der Waals surface area contributed by atoms with Crippen molar-refractivity contribution < 1.29 is 4.79 Å². The van der Waals surface area contributed by atoms with Gasteiger partial charge in [0.05, 0.1) is 5.56 Å². The SMILES string of the molecule is NNc1ccc(C(=O)NCc2ccccc2Cl)cn1. The zero-order valence-electron chi connectivity index (χ0n) is 10.1. The van der Waals surface area contributed by atoms with Gasteiger partial charge in [-0.3, -0.25) is 4.79 Å². The molecular weight excluding hydrogens is 264 g/mol. The van der Waals surface area contributed by atoms with Crippen LogP contribution in [-0.2, 0) is 6.54 Å². The summed E-state index contributed by atoms with van der Waals surface area (Å²) in [4.78, 5) is 15.9. The Morgan fingerprint density at radius 2 is 2.05 bits per heavy atom. The molecule has 0 fully saturated rings. The maximum Gasteiger partial charge on any atom is 0.253 e. The van der Waals surface area contributed by atoms with E-state index in [1.165, 1.54) is 6.20 Å². The molecule has 6 heteroatoms. The fourth-order valence-corrected chi connectivity index (χ4v) is 1.74. The Balaban J connectivity index is 1.99. The van der Waals surface area contributed by atoms with E-state index in [0.717, 1.165) is 5.56 Å². The molecule has 4 N–H and O–H groups in total. The van der Waals surface area contributed by atoms with E-state index in [2.05, 4.69) is 15.7 Å². The Kier molecular flexibility index (Phi) is 4.33. The summed E-state index contributed by atoms with van der Waals surface area (Å²) >= 11 is 6.01. The normalized spacial score (nSPS) is 10.0. The van der Waals surface area contributed by atoms with Crippen LogP contribution >= 0.6 is 11.6 Å². The second-order valence-corrected chi connectivity index (χ2v) is 4.26. The van der Waals surface area contributed by atoms with Gasteiger partial charge in [-0.2, -0.15) is 0 Å². The highest BCUT2D eigenvalue weighted by atomic mass is 35.5. The molecule has 0 unspecified atom stereocenters. The number of halogens is 1. The second kappa shape index (κ2) is 6.17. The van der Waals surface area contributed by atoms with Crippen molar-refractivity contribution in [3.8, 4) is 0 Å². The Morgan fingerprint density at radius 1 is 1.26 bits per heavy atom. The number of rotatable bonds is 4. The lowest BCUT2D eigenvalue weighted by Gasteiger charge is -2.07. The molecule has 0 atom stereocenters. The fourth-order valence-electron chi connectivity index (χ4n) is 1.53. The van der Waals surface area contributed by atoms with Crippen molar-refractivity contribution in [3.63, 3.8) is 0 Å². The van der Waals surface area contributed by atoms with E-state index >= 15 is 0 Å². The van der Waals surface area contributed by atoms with Gasteiger partial charge in [0.15, 0.2) is 0 Å². The van der Waals surface area contributed by atoms with E-state index in [0.29, 0.717) is 22.9 Å². The van der Waals surface area contributed by atoms with Crippen LogP contribution in [0.25, 0.3) is 0 Å². The van der Waals surface area contributed by atoms with Gasteiger partial charge in [0.1, 0.15) is 5.82 Å². The highest BCUT2D eigenvalue weighted by molar-refractivity contribution is 6.31. The Bertz CT molecular complexity index is 571. The number of nitrogen functional groups attached to an aromatic ring is 1. The molecule has 0 saturated carbocycles. The predicted octanol–water partition coefficient (Wildman–Crippen LogP) is 1.95. The standard InChI is InChI=1S/C13H13ClN4O/c14-11-4-2-1-3-9(11)7-17-13(19)10-5-6-12(18-15)16-8-10/h1-6,8H,7,15H2,(H,16,18)(H,17,19). The number of hydrogen-bond acceptors (Lipinski definition) is 4. The second-order valence-electron chi connectivity index (χ2n) is 3.85. The average molecular weight is 277 g/mol. The van der Waals surface area contributed by atoms with Crippen LogP contribution in [-0.4, -0.2) is 10.9 Å². The average Bonchev–Trinajstić information content (AvgIpc) is 2.46. The molecule has 5 nitrogen and oxygen atoms in total. The summed E-state index contributed by atoms with van der Waals surface area (Å²) in [6, 6.07) is 10.6. The minimum absolute atomic E-state index is 0.212. The number of carbonyl (C=O) groups excluding carboxylic acids is 1. The Hall–Kier alpha value is -2.11. The van der Waals surface area contributed by atoms with Crippen molar-refractivity contribution in [1.82, 2.24) is 10.3 Å². The van der Waals surface area contributed by atoms with Crippen molar-refractivity contribution in [2.24, 2.45) is 5.84 Å². The lowest BCUT2D eigenvalue weighted by atomic mass is 10.2. The third-order valence-electron chi connectivity index (χ3n) is 2.57. The van der Waals surface area contributed by atoms with Crippen LogP contribution in [0.1, 0.15) is 15.9 Å². The van der Waals surface area contributed by atoms with Crippen molar-refractivity contribution in [1.29, 1.82) is 0 Å². The summed E-state index contributed by atoms with van der Waals surface area (Å²) in [6.07, 6.45) is 1.46. The maximum atomic E-state index is 11.9. The van der Waals surface area contributed by atoms with Gasteiger partial charge in [0, 0.05) is 17.8 Å². The highest BCUT2D eigenvalue weighted by Gasteiger charge is 2.06. The molecule has 1 amide bonds. The van der Waals surface area contributed by atoms with E-state index < -0.39 is 0 Å². The zero-order chi connectivity index (χ0) is 13.7. The van der Waals surface area contributed by atoms with E-state index in [1.807, 2.05) is 18.2 Å². The number of nitrogens with zero attached hydrogens (tertiary/aromatic N) is 1. The molecule has 1 aromatic heterocycles. The first-order chi connectivity index (χ1) is 9.20. The molecular formula is C13H13ClN4O. The lowest BCUT2D eigenvalue weighted by Crippen LogP contribution is -2.23. The number of anilines is 1. The van der Waals surface area contributed by atoms with Crippen LogP contribution in [0.4, 0.5) is 5.82 Å². The Labute approximate surface area is 115 Å². The molecule has 0 aliphatic carbocycles. The highest BCUT2D eigenvalue weighted by Crippen LogP contribution is 2.14. The van der Waals surface area contributed by atoms with Gasteiger partial charge in [0.25, 0.3) is 5.91 Å². The van der Waals surface area contributed by atoms with Gasteiger partial charge in [-0.1, -0.05) is 29.8 Å². The smallest absolute Gasteiger partial charge is 0.253 e. The number of hydrogen-bond donors (Lipinski definition) is 3. The van der Waals surface area contributed by atoms with Crippen molar-refractivity contribution in [2.45, 2.75) is 6.54 Å². The van der Waals surface area contributed by atoms with Crippen molar-refractivity contribution in [3.05, 3.63) is 58.7 Å². The van der Waals surface area contributed by atoms with Gasteiger partial charge < -0.3 is 10.7 Å². The van der Waals surface area contributed by atoms with E-state index in [4.69, 9.17) is 17.4 Å². The minimum Gasteiger partial charge on any atom is -0.348 e. The van der Waals surface area contributed by atoms with Gasteiger partial charge in [0.2, 0.25) is 0 Å². The summed E-state index contributed by atoms with van der Waals surface area (Å²) < 4.78 is 0. The number of hydrazine groups is 1. The van der Waals surface area contributed by atoms with Crippen LogP contribution in [0.15, 0.2) is 42.6 Å². The molecule has 0 saturated heterocycles. The molecule has 0 aliphatic heterocycles. The maximum absolute atomic E-state index is 11.9. The number of amides is 1. The molecule has 2 aromatic rings. The molecule has 2 rings (SSSR count). The van der Waals surface area contributed by atoms with Crippen LogP contribution in [0, 0.1) is 0 Å². The van der Waals surface area contributed by atoms with Crippen molar-refractivity contribution >= 4 is 23.3 Å². The van der Waals surface area contributed by atoms with Gasteiger partial charge in [-0.05, 0) is 23.8 Å². The molecule has 98 valence electrons. The third-order valence-corrected chi connectivity index (χ3v) is 2.94. The molecule has 1 aromatic carbocycles. The quantitative estimate of drug-likeness (QED) is 0.589. The summed E-state index contributed by atoms with van der Waals surface area (Å²) in [7, 11) is 0. The van der Waals surface area contributed by atoms with Gasteiger partial charge >= 0.3 is 0 Å². The van der Waals surface area contributed by atoms with Gasteiger partial charge in [-0.25, -0.2) is 10.8 Å². The number of nitrogens with one attached hydrogen (secondary N) is 2. The number of nitrogens with two attached hydrogens (primary N) is 1.